The van der Waals surface area contributed by atoms with Gasteiger partial charge >= 0.3 is 0 Å². The molecular weight excluding hydrogens is 348 g/mol. The first-order valence-corrected chi connectivity index (χ1v) is 13.2. The molecule has 1 aromatic carbocycles. The quantitative estimate of drug-likeness (QED) is 0.525. The Morgan fingerprint density at radius 2 is 1.74 bits per heavy atom. The van der Waals surface area contributed by atoms with Gasteiger partial charge in [-0.05, 0) is 62.3 Å². The van der Waals surface area contributed by atoms with E-state index in [9.17, 15) is 0 Å². The molecule has 150 valence electrons. The molecule has 0 saturated heterocycles. The van der Waals surface area contributed by atoms with Crippen LogP contribution in [-0.2, 0) is 4.43 Å². The third kappa shape index (κ3) is 4.79. The molecule has 0 radical (unpaired) electrons. The van der Waals surface area contributed by atoms with E-state index in [-0.39, 0.29) is 11.1 Å². The standard InChI is InChI=1S/C23H38N2OSi/c1-10-25(11-2)21(16-26-27(8,9)23(5,6)7)20-14-12-13-19-15-17(3)18(4)24-22(19)20/h12-15,21H,10-11,16H2,1-9H3. The Kier molecular flexibility index (Phi) is 6.88. The summed E-state index contributed by atoms with van der Waals surface area (Å²) < 4.78 is 6.67. The zero-order chi connectivity index (χ0) is 20.4. The SMILES string of the molecule is CCN(CC)C(CO[Si](C)(C)C(C)(C)C)c1cccc2cc(C)c(C)nc12. The van der Waals surface area contributed by atoms with Crippen LogP contribution in [0.15, 0.2) is 24.3 Å². The zero-order valence-electron chi connectivity index (χ0n) is 18.8. The van der Waals surface area contributed by atoms with Crippen molar-refractivity contribution < 1.29 is 4.43 Å². The third-order valence-corrected chi connectivity index (χ3v) is 10.8. The van der Waals surface area contributed by atoms with Crippen LogP contribution in [0.1, 0.15) is 57.5 Å². The van der Waals surface area contributed by atoms with Crippen LogP contribution < -0.4 is 0 Å². The van der Waals surface area contributed by atoms with Gasteiger partial charge in [0, 0.05) is 11.1 Å². The van der Waals surface area contributed by atoms with Crippen molar-refractivity contribution in [3.63, 3.8) is 0 Å². The molecule has 1 unspecified atom stereocenters. The first-order chi connectivity index (χ1) is 12.5. The monoisotopic (exact) mass is 386 g/mol. The molecule has 27 heavy (non-hydrogen) atoms. The predicted molar refractivity (Wildman–Crippen MR) is 120 cm³/mol. The summed E-state index contributed by atoms with van der Waals surface area (Å²) >= 11 is 0. The normalized spacial score (nSPS) is 14.1. The van der Waals surface area contributed by atoms with Gasteiger partial charge in [-0.2, -0.15) is 0 Å². The summed E-state index contributed by atoms with van der Waals surface area (Å²) in [5.41, 5.74) is 4.77. The van der Waals surface area contributed by atoms with E-state index in [1.165, 1.54) is 16.5 Å². The van der Waals surface area contributed by atoms with Crippen LogP contribution in [0.2, 0.25) is 18.1 Å². The highest BCUT2D eigenvalue weighted by molar-refractivity contribution is 6.74. The first kappa shape index (κ1) is 22.1. The number of nitrogens with zero attached hydrogens (tertiary/aromatic N) is 2. The Labute approximate surface area is 167 Å². The summed E-state index contributed by atoms with van der Waals surface area (Å²) in [6.45, 7) is 23.0. The smallest absolute Gasteiger partial charge is 0.192 e. The van der Waals surface area contributed by atoms with Gasteiger partial charge in [0.15, 0.2) is 8.32 Å². The van der Waals surface area contributed by atoms with E-state index >= 15 is 0 Å². The molecule has 0 aliphatic rings. The number of hydrogen-bond acceptors (Lipinski definition) is 3. The lowest BCUT2D eigenvalue weighted by Crippen LogP contribution is -2.43. The fourth-order valence-corrected chi connectivity index (χ4v) is 4.26. The van der Waals surface area contributed by atoms with E-state index in [1.54, 1.807) is 0 Å². The van der Waals surface area contributed by atoms with Crippen LogP contribution in [0.5, 0.6) is 0 Å². The second-order valence-electron chi connectivity index (χ2n) is 9.12. The summed E-state index contributed by atoms with van der Waals surface area (Å²) in [4.78, 5) is 7.47. The molecule has 0 bridgehead atoms. The molecule has 1 aromatic heterocycles. The van der Waals surface area contributed by atoms with Gasteiger partial charge in [-0.25, -0.2) is 0 Å². The zero-order valence-corrected chi connectivity index (χ0v) is 19.8. The molecule has 0 fully saturated rings. The van der Waals surface area contributed by atoms with E-state index < -0.39 is 8.32 Å². The van der Waals surface area contributed by atoms with Crippen LogP contribution >= 0.6 is 0 Å². The average molecular weight is 387 g/mol. The Hall–Kier alpha value is -1.23. The first-order valence-electron chi connectivity index (χ1n) is 10.3. The van der Waals surface area contributed by atoms with Crippen LogP contribution in [-0.4, -0.2) is 37.9 Å². The van der Waals surface area contributed by atoms with E-state index in [0.717, 1.165) is 30.9 Å². The lowest BCUT2D eigenvalue weighted by atomic mass is 10.0. The van der Waals surface area contributed by atoms with Crippen molar-refractivity contribution in [1.29, 1.82) is 0 Å². The van der Waals surface area contributed by atoms with Gasteiger partial charge in [-0.3, -0.25) is 9.88 Å². The van der Waals surface area contributed by atoms with Crippen molar-refractivity contribution in [2.45, 2.75) is 72.6 Å². The van der Waals surface area contributed by atoms with Gasteiger partial charge in [-0.1, -0.05) is 52.8 Å². The lowest BCUT2D eigenvalue weighted by molar-refractivity contribution is 0.138. The molecule has 0 spiro atoms. The molecule has 3 nitrogen and oxygen atoms in total. The Morgan fingerprint density at radius 1 is 1.11 bits per heavy atom. The number of pyridine rings is 1. The highest BCUT2D eigenvalue weighted by atomic mass is 28.4. The van der Waals surface area contributed by atoms with Gasteiger partial charge in [0.1, 0.15) is 0 Å². The Balaban J connectivity index is 2.49. The number of rotatable bonds is 7. The van der Waals surface area contributed by atoms with Crippen molar-refractivity contribution in [3.05, 3.63) is 41.1 Å². The Morgan fingerprint density at radius 3 is 2.30 bits per heavy atom. The predicted octanol–water partition coefficient (Wildman–Crippen LogP) is 6.26. The minimum Gasteiger partial charge on any atom is -0.415 e. The second-order valence-corrected chi connectivity index (χ2v) is 13.9. The topological polar surface area (TPSA) is 25.4 Å². The summed E-state index contributed by atoms with van der Waals surface area (Å²) in [6.07, 6.45) is 0. The van der Waals surface area contributed by atoms with Gasteiger partial charge < -0.3 is 4.43 Å². The highest BCUT2D eigenvalue weighted by Crippen LogP contribution is 2.38. The van der Waals surface area contributed by atoms with E-state index in [0.29, 0.717) is 0 Å². The maximum absolute atomic E-state index is 6.67. The molecule has 0 N–H and O–H groups in total. The molecule has 2 aromatic rings. The van der Waals surface area contributed by atoms with Crippen LogP contribution in [0.3, 0.4) is 0 Å². The number of fused-ring (bicyclic) bond motifs is 1. The summed E-state index contributed by atoms with van der Waals surface area (Å²) in [7, 11) is -1.81. The van der Waals surface area contributed by atoms with Crippen molar-refractivity contribution in [3.8, 4) is 0 Å². The molecular formula is C23H38N2OSi. The van der Waals surface area contributed by atoms with Crippen LogP contribution in [0.25, 0.3) is 10.9 Å². The number of para-hydroxylation sites is 1. The average Bonchev–Trinajstić information content (AvgIpc) is 2.58. The number of likely N-dealkylation sites (N-methyl/N-ethyl adjacent to an activating group) is 1. The van der Waals surface area contributed by atoms with Gasteiger partial charge in [0.05, 0.1) is 18.2 Å². The molecule has 0 amide bonds. The van der Waals surface area contributed by atoms with Crippen LogP contribution in [0, 0.1) is 13.8 Å². The van der Waals surface area contributed by atoms with Gasteiger partial charge in [-0.15, -0.1) is 0 Å². The minimum atomic E-state index is -1.81. The molecule has 0 saturated carbocycles. The number of hydrogen-bond donors (Lipinski definition) is 0. The van der Waals surface area contributed by atoms with Crippen molar-refractivity contribution >= 4 is 19.2 Å². The molecule has 0 aliphatic carbocycles. The summed E-state index contributed by atoms with van der Waals surface area (Å²) in [5, 5.41) is 1.44. The fraction of sp³-hybridized carbons (Fsp3) is 0.609. The van der Waals surface area contributed by atoms with Gasteiger partial charge in [0.2, 0.25) is 0 Å². The molecule has 4 heteroatoms. The molecule has 1 heterocycles. The highest BCUT2D eigenvalue weighted by Gasteiger charge is 2.38. The van der Waals surface area contributed by atoms with Gasteiger partial charge in [0.25, 0.3) is 0 Å². The van der Waals surface area contributed by atoms with Crippen molar-refractivity contribution in [2.75, 3.05) is 19.7 Å². The largest absolute Gasteiger partial charge is 0.415 e. The van der Waals surface area contributed by atoms with E-state index in [4.69, 9.17) is 9.41 Å². The van der Waals surface area contributed by atoms with Crippen molar-refractivity contribution in [1.82, 2.24) is 9.88 Å². The fourth-order valence-electron chi connectivity index (χ4n) is 3.25. The summed E-state index contributed by atoms with van der Waals surface area (Å²) in [6, 6.07) is 9.06. The maximum atomic E-state index is 6.67. The van der Waals surface area contributed by atoms with Crippen molar-refractivity contribution in [2.24, 2.45) is 0 Å². The Bertz CT molecular complexity index is 776. The van der Waals surface area contributed by atoms with E-state index in [2.05, 4.69) is 90.7 Å². The number of aryl methyl sites for hydroxylation is 2. The summed E-state index contributed by atoms with van der Waals surface area (Å²) in [5.74, 6) is 0. The third-order valence-electron chi connectivity index (χ3n) is 6.34. The molecule has 2 rings (SSSR count). The van der Waals surface area contributed by atoms with Crippen LogP contribution in [0.4, 0.5) is 0 Å². The molecule has 0 aliphatic heterocycles. The minimum absolute atomic E-state index is 0.214. The van der Waals surface area contributed by atoms with E-state index in [1.807, 2.05) is 0 Å². The maximum Gasteiger partial charge on any atom is 0.192 e. The lowest BCUT2D eigenvalue weighted by Gasteiger charge is -2.39. The molecule has 1 atom stereocenters. The number of benzene rings is 1. The second kappa shape index (κ2) is 8.42. The number of aromatic nitrogens is 1.